The summed E-state index contributed by atoms with van der Waals surface area (Å²) < 4.78 is 0. The van der Waals surface area contributed by atoms with Crippen LogP contribution in [0.5, 0.6) is 0 Å². The highest BCUT2D eigenvalue weighted by molar-refractivity contribution is 5.85. The van der Waals surface area contributed by atoms with E-state index < -0.39 is 0 Å². The molecule has 2 nitrogen and oxygen atoms in total. The van der Waals surface area contributed by atoms with Crippen LogP contribution in [0.4, 0.5) is 5.69 Å². The van der Waals surface area contributed by atoms with Gasteiger partial charge in [0.15, 0.2) is 0 Å². The molecule has 0 saturated heterocycles. The largest absolute Gasteiger partial charge is 0.372 e. The molecule has 3 heteroatoms. The van der Waals surface area contributed by atoms with Crippen LogP contribution in [-0.4, -0.2) is 19.1 Å². The van der Waals surface area contributed by atoms with E-state index in [1.165, 1.54) is 16.8 Å². The Balaban J connectivity index is 0.00000256. The molecule has 0 aromatic heterocycles. The Bertz CT molecular complexity index is 333. The maximum Gasteiger partial charge on any atom is 0.0368 e. The van der Waals surface area contributed by atoms with Gasteiger partial charge in [-0.3, -0.25) is 0 Å². The average Bonchev–Trinajstić information content (AvgIpc) is 2.23. The second-order valence-electron chi connectivity index (χ2n) is 4.46. The van der Waals surface area contributed by atoms with E-state index in [2.05, 4.69) is 50.8 Å². The lowest BCUT2D eigenvalue weighted by molar-refractivity contribution is 0.734. The Morgan fingerprint density at radius 1 is 1.24 bits per heavy atom. The number of anilines is 1. The van der Waals surface area contributed by atoms with E-state index in [1.807, 2.05) is 0 Å². The number of rotatable bonds is 5. The summed E-state index contributed by atoms with van der Waals surface area (Å²) in [5.41, 5.74) is 9.86. The second kappa shape index (κ2) is 7.57. The minimum absolute atomic E-state index is 0. The van der Waals surface area contributed by atoms with Crippen LogP contribution in [-0.2, 0) is 6.42 Å². The molecule has 0 spiro atoms. The van der Waals surface area contributed by atoms with Gasteiger partial charge in [0.1, 0.15) is 0 Å². The third-order valence-electron chi connectivity index (χ3n) is 3.00. The Hall–Kier alpha value is -0.730. The first-order valence-electron chi connectivity index (χ1n) is 6.18. The zero-order valence-corrected chi connectivity index (χ0v) is 12.2. The van der Waals surface area contributed by atoms with Crippen LogP contribution in [0.1, 0.15) is 31.9 Å². The van der Waals surface area contributed by atoms with Crippen molar-refractivity contribution in [2.75, 3.05) is 18.0 Å². The molecule has 0 aliphatic carbocycles. The summed E-state index contributed by atoms with van der Waals surface area (Å²) in [7, 11) is 0. The minimum atomic E-state index is 0. The summed E-state index contributed by atoms with van der Waals surface area (Å²) in [6.45, 7) is 10.7. The fraction of sp³-hybridized carbons (Fsp3) is 0.571. The Morgan fingerprint density at radius 2 is 1.82 bits per heavy atom. The smallest absolute Gasteiger partial charge is 0.0368 e. The van der Waals surface area contributed by atoms with Crippen molar-refractivity contribution >= 4 is 18.1 Å². The summed E-state index contributed by atoms with van der Waals surface area (Å²) in [6, 6.07) is 6.92. The van der Waals surface area contributed by atoms with Crippen LogP contribution in [0.25, 0.3) is 0 Å². The maximum atomic E-state index is 5.83. The van der Waals surface area contributed by atoms with E-state index in [0.29, 0.717) is 0 Å². The van der Waals surface area contributed by atoms with E-state index in [9.17, 15) is 0 Å². The highest BCUT2D eigenvalue weighted by Crippen LogP contribution is 2.19. The molecule has 0 aliphatic heterocycles. The van der Waals surface area contributed by atoms with Gasteiger partial charge in [-0.2, -0.15) is 0 Å². The summed E-state index contributed by atoms with van der Waals surface area (Å²) in [4.78, 5) is 2.36. The second-order valence-corrected chi connectivity index (χ2v) is 4.46. The van der Waals surface area contributed by atoms with E-state index in [0.717, 1.165) is 19.5 Å². The number of nitrogens with zero attached hydrogens (tertiary/aromatic N) is 1. The van der Waals surface area contributed by atoms with Gasteiger partial charge in [0.05, 0.1) is 0 Å². The molecule has 0 saturated carbocycles. The van der Waals surface area contributed by atoms with Crippen molar-refractivity contribution in [1.29, 1.82) is 0 Å². The van der Waals surface area contributed by atoms with Gasteiger partial charge in [-0.05, 0) is 57.4 Å². The predicted octanol–water partition coefficient (Wildman–Crippen LogP) is 3.15. The quantitative estimate of drug-likeness (QED) is 0.877. The van der Waals surface area contributed by atoms with Crippen molar-refractivity contribution in [3.63, 3.8) is 0 Å². The van der Waals surface area contributed by atoms with E-state index in [-0.39, 0.29) is 18.4 Å². The van der Waals surface area contributed by atoms with Crippen molar-refractivity contribution in [1.82, 2.24) is 0 Å². The Labute approximate surface area is 112 Å². The first-order valence-corrected chi connectivity index (χ1v) is 6.18. The molecule has 0 aliphatic rings. The monoisotopic (exact) mass is 256 g/mol. The fourth-order valence-corrected chi connectivity index (χ4v) is 2.04. The molecular weight excluding hydrogens is 232 g/mol. The lowest BCUT2D eigenvalue weighted by atomic mass is 10.0. The number of benzene rings is 1. The van der Waals surface area contributed by atoms with Crippen molar-refractivity contribution in [2.45, 2.75) is 40.2 Å². The highest BCUT2D eigenvalue weighted by atomic mass is 35.5. The molecule has 1 atom stereocenters. The maximum absolute atomic E-state index is 5.83. The molecule has 1 aromatic rings. The molecule has 98 valence electrons. The highest BCUT2D eigenvalue weighted by Gasteiger charge is 2.06. The molecule has 0 radical (unpaired) electrons. The number of aryl methyl sites for hydroxylation is 1. The minimum Gasteiger partial charge on any atom is -0.372 e. The number of nitrogens with two attached hydrogens (primary N) is 1. The first kappa shape index (κ1) is 16.3. The van der Waals surface area contributed by atoms with E-state index >= 15 is 0 Å². The fourth-order valence-electron chi connectivity index (χ4n) is 2.04. The molecule has 1 rings (SSSR count). The van der Waals surface area contributed by atoms with Crippen molar-refractivity contribution < 1.29 is 0 Å². The molecule has 0 fully saturated rings. The van der Waals surface area contributed by atoms with Gasteiger partial charge in [-0.15, -0.1) is 12.4 Å². The SMILES string of the molecule is CCN(CC)c1ccc(CC(C)N)c(C)c1.Cl. The van der Waals surface area contributed by atoms with Crippen LogP contribution < -0.4 is 10.6 Å². The topological polar surface area (TPSA) is 29.3 Å². The number of hydrogen-bond donors (Lipinski definition) is 1. The standard InChI is InChI=1S/C14H24N2.ClH/c1-5-16(6-2)14-8-7-13(10-12(4)15)11(3)9-14;/h7-9,12H,5-6,10,15H2,1-4H3;1H. The Kier molecular flexibility index (Phi) is 7.24. The normalized spacial score (nSPS) is 11.8. The summed E-state index contributed by atoms with van der Waals surface area (Å²) in [6.07, 6.45) is 0.963. The molecule has 1 aromatic carbocycles. The average molecular weight is 257 g/mol. The molecule has 2 N–H and O–H groups in total. The molecule has 0 heterocycles. The van der Waals surface area contributed by atoms with Crippen LogP contribution in [0.15, 0.2) is 18.2 Å². The van der Waals surface area contributed by atoms with Gasteiger partial charge in [0.25, 0.3) is 0 Å². The third kappa shape index (κ3) is 4.57. The predicted molar refractivity (Wildman–Crippen MR) is 79.3 cm³/mol. The van der Waals surface area contributed by atoms with Crippen LogP contribution >= 0.6 is 12.4 Å². The molecule has 1 unspecified atom stereocenters. The van der Waals surface area contributed by atoms with E-state index in [1.54, 1.807) is 0 Å². The van der Waals surface area contributed by atoms with Crippen molar-refractivity contribution in [3.05, 3.63) is 29.3 Å². The molecule has 0 bridgehead atoms. The van der Waals surface area contributed by atoms with Gasteiger partial charge in [-0.25, -0.2) is 0 Å². The third-order valence-corrected chi connectivity index (χ3v) is 3.00. The zero-order chi connectivity index (χ0) is 12.1. The summed E-state index contributed by atoms with van der Waals surface area (Å²) >= 11 is 0. The molecular formula is C14H25ClN2. The lowest BCUT2D eigenvalue weighted by Crippen LogP contribution is -2.22. The number of halogens is 1. The summed E-state index contributed by atoms with van der Waals surface area (Å²) in [5, 5.41) is 0. The van der Waals surface area contributed by atoms with Gasteiger partial charge in [0.2, 0.25) is 0 Å². The van der Waals surface area contributed by atoms with E-state index in [4.69, 9.17) is 5.73 Å². The van der Waals surface area contributed by atoms with Crippen LogP contribution in [0.3, 0.4) is 0 Å². The van der Waals surface area contributed by atoms with Crippen molar-refractivity contribution in [2.24, 2.45) is 5.73 Å². The molecule has 17 heavy (non-hydrogen) atoms. The van der Waals surface area contributed by atoms with Gasteiger partial charge in [0, 0.05) is 24.8 Å². The van der Waals surface area contributed by atoms with Crippen LogP contribution in [0.2, 0.25) is 0 Å². The van der Waals surface area contributed by atoms with Crippen LogP contribution in [0, 0.1) is 6.92 Å². The number of hydrogen-bond acceptors (Lipinski definition) is 2. The van der Waals surface area contributed by atoms with Gasteiger partial charge in [-0.1, -0.05) is 6.07 Å². The zero-order valence-electron chi connectivity index (χ0n) is 11.4. The Morgan fingerprint density at radius 3 is 2.24 bits per heavy atom. The van der Waals surface area contributed by atoms with Gasteiger partial charge < -0.3 is 10.6 Å². The lowest BCUT2D eigenvalue weighted by Gasteiger charge is -2.22. The molecule has 0 amide bonds. The van der Waals surface area contributed by atoms with Crippen molar-refractivity contribution in [3.8, 4) is 0 Å². The summed E-state index contributed by atoms with van der Waals surface area (Å²) in [5.74, 6) is 0. The first-order chi connectivity index (χ1) is 7.58. The van der Waals surface area contributed by atoms with Gasteiger partial charge >= 0.3 is 0 Å².